The van der Waals surface area contributed by atoms with E-state index in [0.717, 1.165) is 33.6 Å². The number of fused-ring (bicyclic) bond motifs is 1. The van der Waals surface area contributed by atoms with Gasteiger partial charge in [-0.25, -0.2) is 0 Å². The number of pyridine rings is 1. The predicted octanol–water partition coefficient (Wildman–Crippen LogP) is 4.68. The number of rotatable bonds is 4. The Labute approximate surface area is 150 Å². The summed E-state index contributed by atoms with van der Waals surface area (Å²) in [7, 11) is 0. The average Bonchev–Trinajstić information content (AvgIpc) is 2.59. The molecule has 1 amide bonds. The number of carbonyl (C=O) groups is 1. The first-order chi connectivity index (χ1) is 12.0. The minimum atomic E-state index is -0.105. The van der Waals surface area contributed by atoms with Crippen molar-refractivity contribution in [1.29, 1.82) is 0 Å². The SMILES string of the molecule is CC(=O)Nc1cccc(/C(C)=N\Nc2ccnc3cc(Cl)ccc23)c1. The molecule has 3 rings (SSSR count). The summed E-state index contributed by atoms with van der Waals surface area (Å²) in [5, 5.41) is 8.80. The molecule has 0 bridgehead atoms. The summed E-state index contributed by atoms with van der Waals surface area (Å²) in [6, 6.07) is 15.0. The summed E-state index contributed by atoms with van der Waals surface area (Å²) in [4.78, 5) is 15.5. The lowest BCUT2D eigenvalue weighted by Gasteiger charge is -2.08. The maximum atomic E-state index is 11.2. The highest BCUT2D eigenvalue weighted by molar-refractivity contribution is 6.31. The number of nitrogens with one attached hydrogen (secondary N) is 2. The smallest absolute Gasteiger partial charge is 0.221 e. The van der Waals surface area contributed by atoms with Gasteiger partial charge >= 0.3 is 0 Å². The summed E-state index contributed by atoms with van der Waals surface area (Å²) < 4.78 is 0. The van der Waals surface area contributed by atoms with E-state index in [1.165, 1.54) is 6.92 Å². The molecule has 5 nitrogen and oxygen atoms in total. The van der Waals surface area contributed by atoms with Crippen molar-refractivity contribution in [2.75, 3.05) is 10.7 Å². The predicted molar refractivity (Wildman–Crippen MR) is 103 cm³/mol. The summed E-state index contributed by atoms with van der Waals surface area (Å²) in [6.07, 6.45) is 1.71. The maximum absolute atomic E-state index is 11.2. The molecular weight excluding hydrogens is 336 g/mol. The average molecular weight is 353 g/mol. The van der Waals surface area contributed by atoms with Gasteiger partial charge in [0, 0.05) is 29.2 Å². The normalized spacial score (nSPS) is 11.4. The first-order valence-electron chi connectivity index (χ1n) is 7.75. The monoisotopic (exact) mass is 352 g/mol. The van der Waals surface area contributed by atoms with Crippen molar-refractivity contribution in [3.8, 4) is 0 Å². The van der Waals surface area contributed by atoms with Crippen LogP contribution in [-0.2, 0) is 4.79 Å². The highest BCUT2D eigenvalue weighted by Crippen LogP contribution is 2.24. The van der Waals surface area contributed by atoms with E-state index in [-0.39, 0.29) is 5.91 Å². The van der Waals surface area contributed by atoms with Crippen LogP contribution in [0.1, 0.15) is 19.4 Å². The molecule has 0 aliphatic carbocycles. The topological polar surface area (TPSA) is 66.4 Å². The molecule has 126 valence electrons. The Bertz CT molecular complexity index is 969. The number of aromatic nitrogens is 1. The molecule has 0 radical (unpaired) electrons. The van der Waals surface area contributed by atoms with Gasteiger partial charge in [0.1, 0.15) is 0 Å². The van der Waals surface area contributed by atoms with Crippen molar-refractivity contribution in [3.05, 3.63) is 65.3 Å². The van der Waals surface area contributed by atoms with Crippen LogP contribution in [0.15, 0.2) is 59.8 Å². The fourth-order valence-electron chi connectivity index (χ4n) is 2.45. The third-order valence-electron chi connectivity index (χ3n) is 3.65. The van der Waals surface area contributed by atoms with Gasteiger partial charge in [0.15, 0.2) is 0 Å². The second kappa shape index (κ2) is 7.32. The largest absolute Gasteiger partial charge is 0.326 e. The van der Waals surface area contributed by atoms with E-state index in [1.807, 2.05) is 55.5 Å². The molecule has 3 aromatic rings. The van der Waals surface area contributed by atoms with Gasteiger partial charge in [-0.1, -0.05) is 23.7 Å². The van der Waals surface area contributed by atoms with Crippen LogP contribution < -0.4 is 10.7 Å². The number of hydrogen-bond acceptors (Lipinski definition) is 4. The first-order valence-corrected chi connectivity index (χ1v) is 8.13. The lowest BCUT2D eigenvalue weighted by Crippen LogP contribution is -2.07. The van der Waals surface area contributed by atoms with Gasteiger partial charge in [0.05, 0.1) is 16.9 Å². The van der Waals surface area contributed by atoms with E-state index < -0.39 is 0 Å². The number of nitrogens with zero attached hydrogens (tertiary/aromatic N) is 2. The molecule has 6 heteroatoms. The van der Waals surface area contributed by atoms with Crippen LogP contribution in [0.2, 0.25) is 5.02 Å². The van der Waals surface area contributed by atoms with E-state index in [1.54, 1.807) is 6.20 Å². The number of hydrogen-bond donors (Lipinski definition) is 2. The molecule has 2 N–H and O–H groups in total. The molecule has 0 saturated heterocycles. The Balaban J connectivity index is 1.86. The lowest BCUT2D eigenvalue weighted by atomic mass is 10.1. The second-order valence-corrected chi connectivity index (χ2v) is 6.03. The number of amides is 1. The molecule has 0 fully saturated rings. The fraction of sp³-hybridized carbons (Fsp3) is 0.105. The maximum Gasteiger partial charge on any atom is 0.221 e. The van der Waals surface area contributed by atoms with Gasteiger partial charge in [0.25, 0.3) is 0 Å². The second-order valence-electron chi connectivity index (χ2n) is 5.59. The zero-order valence-electron chi connectivity index (χ0n) is 13.9. The van der Waals surface area contributed by atoms with Crippen LogP contribution in [-0.4, -0.2) is 16.6 Å². The standard InChI is InChI=1S/C19H17ClN4O/c1-12(14-4-3-5-16(10-14)22-13(2)25)23-24-18-8-9-21-19-11-15(20)6-7-17(18)19/h3-11H,1-2H3,(H,21,24)(H,22,25)/b23-12-. The Kier molecular flexibility index (Phi) is 4.95. The van der Waals surface area contributed by atoms with Crippen molar-refractivity contribution in [3.63, 3.8) is 0 Å². The van der Waals surface area contributed by atoms with E-state index >= 15 is 0 Å². The molecule has 2 aromatic carbocycles. The minimum Gasteiger partial charge on any atom is -0.326 e. The number of carbonyl (C=O) groups excluding carboxylic acids is 1. The molecule has 0 spiro atoms. The van der Waals surface area contributed by atoms with Crippen LogP contribution in [0, 0.1) is 0 Å². The molecule has 25 heavy (non-hydrogen) atoms. The van der Waals surface area contributed by atoms with Crippen LogP contribution in [0.25, 0.3) is 10.9 Å². The Morgan fingerprint density at radius 2 is 1.96 bits per heavy atom. The van der Waals surface area contributed by atoms with Crippen molar-refractivity contribution in [2.24, 2.45) is 5.10 Å². The van der Waals surface area contributed by atoms with Gasteiger partial charge in [-0.05, 0) is 48.9 Å². The molecular formula is C19H17ClN4O. The van der Waals surface area contributed by atoms with E-state index in [2.05, 4.69) is 20.8 Å². The number of halogens is 1. The van der Waals surface area contributed by atoms with Crippen LogP contribution >= 0.6 is 11.6 Å². The molecule has 1 aromatic heterocycles. The summed E-state index contributed by atoms with van der Waals surface area (Å²) in [5.74, 6) is -0.105. The zero-order valence-corrected chi connectivity index (χ0v) is 14.6. The van der Waals surface area contributed by atoms with E-state index in [0.29, 0.717) is 5.02 Å². The molecule has 1 heterocycles. The quantitative estimate of drug-likeness (QED) is 0.529. The summed E-state index contributed by atoms with van der Waals surface area (Å²) in [5.41, 5.74) is 7.19. The van der Waals surface area contributed by atoms with E-state index in [9.17, 15) is 4.79 Å². The Hall–Kier alpha value is -2.92. The Morgan fingerprint density at radius 1 is 1.12 bits per heavy atom. The molecule has 0 saturated carbocycles. The third-order valence-corrected chi connectivity index (χ3v) is 3.88. The van der Waals surface area contributed by atoms with Crippen LogP contribution in [0.3, 0.4) is 0 Å². The highest BCUT2D eigenvalue weighted by atomic mass is 35.5. The van der Waals surface area contributed by atoms with Crippen molar-refractivity contribution in [2.45, 2.75) is 13.8 Å². The Morgan fingerprint density at radius 3 is 2.76 bits per heavy atom. The first kappa shape index (κ1) is 16.9. The van der Waals surface area contributed by atoms with Crippen molar-refractivity contribution >= 4 is 45.5 Å². The van der Waals surface area contributed by atoms with Crippen molar-refractivity contribution in [1.82, 2.24) is 4.98 Å². The highest BCUT2D eigenvalue weighted by Gasteiger charge is 2.04. The van der Waals surface area contributed by atoms with Gasteiger partial charge in [-0.2, -0.15) is 5.10 Å². The molecule has 0 atom stereocenters. The summed E-state index contributed by atoms with van der Waals surface area (Å²) in [6.45, 7) is 3.39. The van der Waals surface area contributed by atoms with Crippen LogP contribution in [0.4, 0.5) is 11.4 Å². The zero-order chi connectivity index (χ0) is 17.8. The fourth-order valence-corrected chi connectivity index (χ4v) is 2.62. The van der Waals surface area contributed by atoms with E-state index in [4.69, 9.17) is 11.6 Å². The minimum absolute atomic E-state index is 0.105. The third kappa shape index (κ3) is 4.14. The number of anilines is 2. The summed E-state index contributed by atoms with van der Waals surface area (Å²) >= 11 is 6.01. The van der Waals surface area contributed by atoms with Gasteiger partial charge in [-0.15, -0.1) is 0 Å². The van der Waals surface area contributed by atoms with Gasteiger partial charge < -0.3 is 5.32 Å². The van der Waals surface area contributed by atoms with Crippen molar-refractivity contribution < 1.29 is 4.79 Å². The molecule has 0 unspecified atom stereocenters. The van der Waals surface area contributed by atoms with Crippen LogP contribution in [0.5, 0.6) is 0 Å². The van der Waals surface area contributed by atoms with Gasteiger partial charge in [-0.3, -0.25) is 15.2 Å². The van der Waals surface area contributed by atoms with Gasteiger partial charge in [0.2, 0.25) is 5.91 Å². The number of benzene rings is 2. The molecule has 0 aliphatic heterocycles. The molecule has 0 aliphatic rings. The lowest BCUT2D eigenvalue weighted by molar-refractivity contribution is -0.114. The number of hydrazone groups is 1.